The van der Waals surface area contributed by atoms with Gasteiger partial charge in [-0.15, -0.1) is 23.1 Å². The van der Waals surface area contributed by atoms with E-state index < -0.39 is 5.82 Å². The molecule has 0 aliphatic heterocycles. The smallest absolute Gasteiger partial charge is 0.236 e. The summed E-state index contributed by atoms with van der Waals surface area (Å²) in [5.41, 5.74) is 0.745. The van der Waals surface area contributed by atoms with E-state index in [2.05, 4.69) is 15.6 Å². The monoisotopic (exact) mass is 405 g/mol. The molecular weight excluding hydrogens is 389 g/mol. The summed E-state index contributed by atoms with van der Waals surface area (Å²) in [6.45, 7) is 0.246. The Balaban J connectivity index is 1.36. The number of aromatic nitrogens is 1. The molecule has 0 fully saturated rings. The number of nitrogens with zero attached hydrogens (tertiary/aromatic N) is 1. The minimum absolute atomic E-state index is 0.0498. The molecule has 0 aliphatic carbocycles. The number of carbonyl (C=O) groups excluding carboxylic acids is 2. The number of nitrogens with one attached hydrogen (secondary N) is 2. The number of rotatable bonds is 8. The highest BCUT2D eigenvalue weighted by Gasteiger charge is 2.10. The standard InChI is InChI=1S/C18H16FN3O3S2/c19-13-4-1-2-5-14(13)22-17(24)11-26-10-16(23)20-8-12-9-25-18(21-12)15-6-3-7-27-15/h1-7,9H,8,10-11H2,(H,20,23)(H,22,24). The van der Waals surface area contributed by atoms with Crippen LogP contribution in [0.15, 0.2) is 52.5 Å². The van der Waals surface area contributed by atoms with Crippen LogP contribution >= 0.6 is 23.1 Å². The molecule has 3 aromatic rings. The van der Waals surface area contributed by atoms with E-state index in [1.54, 1.807) is 12.1 Å². The summed E-state index contributed by atoms with van der Waals surface area (Å²) in [6, 6.07) is 9.74. The fraction of sp³-hybridized carbons (Fsp3) is 0.167. The minimum Gasteiger partial charge on any atom is -0.443 e. The maximum absolute atomic E-state index is 13.5. The van der Waals surface area contributed by atoms with Crippen LogP contribution in [0.1, 0.15) is 5.69 Å². The third-order valence-corrected chi connectivity index (χ3v) is 5.16. The molecule has 9 heteroatoms. The molecule has 2 N–H and O–H groups in total. The second-order valence-electron chi connectivity index (χ2n) is 5.42. The summed E-state index contributed by atoms with van der Waals surface area (Å²) >= 11 is 2.66. The quantitative estimate of drug-likeness (QED) is 0.599. The fourth-order valence-electron chi connectivity index (χ4n) is 2.13. The second-order valence-corrected chi connectivity index (χ2v) is 7.35. The van der Waals surface area contributed by atoms with Crippen molar-refractivity contribution in [3.05, 3.63) is 59.6 Å². The lowest BCUT2D eigenvalue weighted by Crippen LogP contribution is -2.25. The van der Waals surface area contributed by atoms with Crippen LogP contribution in [0.4, 0.5) is 10.1 Å². The number of hydrogen-bond donors (Lipinski definition) is 2. The van der Waals surface area contributed by atoms with Crippen LogP contribution in [0.3, 0.4) is 0 Å². The summed E-state index contributed by atoms with van der Waals surface area (Å²) in [6.07, 6.45) is 1.50. The first-order valence-electron chi connectivity index (χ1n) is 7.99. The van der Waals surface area contributed by atoms with Crippen LogP contribution in [0.25, 0.3) is 10.8 Å². The van der Waals surface area contributed by atoms with Crippen molar-refractivity contribution in [2.24, 2.45) is 0 Å². The zero-order valence-corrected chi connectivity index (χ0v) is 15.7. The number of halogens is 1. The topological polar surface area (TPSA) is 84.2 Å². The Labute approximate surface area is 163 Å². The fourth-order valence-corrected chi connectivity index (χ4v) is 3.43. The van der Waals surface area contributed by atoms with Gasteiger partial charge in [0.1, 0.15) is 12.1 Å². The lowest BCUT2D eigenvalue weighted by molar-refractivity contribution is -0.118. The van der Waals surface area contributed by atoms with E-state index in [1.165, 1.54) is 29.7 Å². The van der Waals surface area contributed by atoms with Crippen LogP contribution < -0.4 is 10.6 Å². The molecule has 0 aliphatic rings. The number of thioether (sulfide) groups is 1. The van der Waals surface area contributed by atoms with Gasteiger partial charge in [-0.2, -0.15) is 0 Å². The van der Waals surface area contributed by atoms with Crippen LogP contribution in [0.5, 0.6) is 0 Å². The average molecular weight is 405 g/mol. The Bertz CT molecular complexity index is 912. The van der Waals surface area contributed by atoms with Gasteiger partial charge in [0.2, 0.25) is 17.7 Å². The molecule has 2 heterocycles. The van der Waals surface area contributed by atoms with Gasteiger partial charge in [-0.25, -0.2) is 9.37 Å². The number of carbonyl (C=O) groups is 2. The Morgan fingerprint density at radius 1 is 1.15 bits per heavy atom. The lowest BCUT2D eigenvalue weighted by Gasteiger charge is -2.06. The van der Waals surface area contributed by atoms with Crippen molar-refractivity contribution in [2.75, 3.05) is 16.8 Å². The molecule has 0 radical (unpaired) electrons. The molecule has 27 heavy (non-hydrogen) atoms. The molecule has 0 saturated heterocycles. The van der Waals surface area contributed by atoms with Crippen molar-refractivity contribution in [2.45, 2.75) is 6.54 Å². The van der Waals surface area contributed by atoms with E-state index in [9.17, 15) is 14.0 Å². The van der Waals surface area contributed by atoms with E-state index >= 15 is 0 Å². The highest BCUT2D eigenvalue weighted by molar-refractivity contribution is 8.00. The highest BCUT2D eigenvalue weighted by Crippen LogP contribution is 2.23. The van der Waals surface area contributed by atoms with Crippen molar-refractivity contribution in [1.82, 2.24) is 10.3 Å². The first kappa shape index (κ1) is 19.1. The Morgan fingerprint density at radius 2 is 1.96 bits per heavy atom. The van der Waals surface area contributed by atoms with Crippen molar-refractivity contribution in [3.63, 3.8) is 0 Å². The molecule has 2 amide bonds. The maximum atomic E-state index is 13.5. The molecule has 0 bridgehead atoms. The van der Waals surface area contributed by atoms with E-state index in [-0.39, 0.29) is 35.6 Å². The highest BCUT2D eigenvalue weighted by atomic mass is 32.2. The number of para-hydroxylation sites is 1. The molecule has 0 saturated carbocycles. The van der Waals surface area contributed by atoms with Crippen molar-refractivity contribution in [3.8, 4) is 10.8 Å². The van der Waals surface area contributed by atoms with Crippen LogP contribution in [-0.4, -0.2) is 28.3 Å². The predicted molar refractivity (Wildman–Crippen MR) is 104 cm³/mol. The molecule has 140 valence electrons. The van der Waals surface area contributed by atoms with Gasteiger partial charge in [-0.1, -0.05) is 18.2 Å². The van der Waals surface area contributed by atoms with E-state index in [1.807, 2.05) is 17.5 Å². The van der Waals surface area contributed by atoms with Crippen molar-refractivity contribution < 1.29 is 18.4 Å². The molecule has 0 unspecified atom stereocenters. The zero-order valence-electron chi connectivity index (χ0n) is 14.1. The van der Waals surface area contributed by atoms with Gasteiger partial charge in [0.15, 0.2) is 0 Å². The van der Waals surface area contributed by atoms with Crippen LogP contribution in [0.2, 0.25) is 0 Å². The number of benzene rings is 1. The van der Waals surface area contributed by atoms with Gasteiger partial charge in [-0.3, -0.25) is 9.59 Å². The van der Waals surface area contributed by atoms with Crippen LogP contribution in [-0.2, 0) is 16.1 Å². The third kappa shape index (κ3) is 5.66. The van der Waals surface area contributed by atoms with Gasteiger partial charge in [0.25, 0.3) is 0 Å². The largest absolute Gasteiger partial charge is 0.443 e. The number of amides is 2. The van der Waals surface area contributed by atoms with E-state index in [0.717, 1.165) is 16.6 Å². The molecule has 1 aromatic carbocycles. The summed E-state index contributed by atoms with van der Waals surface area (Å²) in [5.74, 6) is -0.403. The van der Waals surface area contributed by atoms with Crippen molar-refractivity contribution >= 4 is 40.6 Å². The van der Waals surface area contributed by atoms with Gasteiger partial charge >= 0.3 is 0 Å². The zero-order chi connectivity index (χ0) is 19.1. The normalized spacial score (nSPS) is 10.6. The summed E-state index contributed by atoms with van der Waals surface area (Å²) in [4.78, 5) is 28.9. The van der Waals surface area contributed by atoms with Gasteiger partial charge in [-0.05, 0) is 23.6 Å². The molecular formula is C18H16FN3O3S2. The van der Waals surface area contributed by atoms with Gasteiger partial charge < -0.3 is 15.1 Å². The number of anilines is 1. The summed E-state index contributed by atoms with van der Waals surface area (Å²) in [5, 5.41) is 7.12. The SMILES string of the molecule is O=C(CSCC(=O)Nc1ccccc1F)NCc1coc(-c2cccs2)n1. The number of thiophene rings is 1. The van der Waals surface area contributed by atoms with E-state index in [0.29, 0.717) is 11.6 Å². The molecule has 2 aromatic heterocycles. The first-order valence-corrected chi connectivity index (χ1v) is 10.0. The Hall–Kier alpha value is -2.65. The first-order chi connectivity index (χ1) is 13.1. The minimum atomic E-state index is -0.497. The predicted octanol–water partition coefficient (Wildman–Crippen LogP) is 3.53. The number of hydrogen-bond acceptors (Lipinski definition) is 6. The second kappa shape index (κ2) is 9.33. The molecule has 0 spiro atoms. The molecule has 0 atom stereocenters. The summed E-state index contributed by atoms with van der Waals surface area (Å²) in [7, 11) is 0. The Kier molecular flexibility index (Phi) is 6.61. The lowest BCUT2D eigenvalue weighted by atomic mass is 10.3. The van der Waals surface area contributed by atoms with E-state index in [4.69, 9.17) is 4.42 Å². The third-order valence-electron chi connectivity index (χ3n) is 3.36. The van der Waals surface area contributed by atoms with Crippen molar-refractivity contribution in [1.29, 1.82) is 0 Å². The van der Waals surface area contributed by atoms with Gasteiger partial charge in [0, 0.05) is 0 Å². The molecule has 3 rings (SSSR count). The average Bonchev–Trinajstić information content (AvgIpc) is 3.33. The summed E-state index contributed by atoms with van der Waals surface area (Å²) < 4.78 is 18.8. The Morgan fingerprint density at radius 3 is 2.74 bits per heavy atom. The molecule has 6 nitrogen and oxygen atoms in total. The van der Waals surface area contributed by atoms with Crippen LogP contribution in [0, 0.1) is 5.82 Å². The van der Waals surface area contributed by atoms with Gasteiger partial charge in [0.05, 0.1) is 34.3 Å². The maximum Gasteiger partial charge on any atom is 0.236 e. The number of oxazole rings is 1.